The lowest BCUT2D eigenvalue weighted by molar-refractivity contribution is 0.0504. The first-order chi connectivity index (χ1) is 11.0. The number of pyridine rings is 1. The summed E-state index contributed by atoms with van der Waals surface area (Å²) in [5.74, 6) is -0.323. The zero-order chi connectivity index (χ0) is 16.8. The van der Waals surface area contributed by atoms with Crippen LogP contribution in [0.4, 0.5) is 5.69 Å². The van der Waals surface area contributed by atoms with Gasteiger partial charge in [-0.2, -0.15) is 0 Å². The van der Waals surface area contributed by atoms with E-state index in [1.54, 1.807) is 0 Å². The minimum atomic E-state index is -0.323. The van der Waals surface area contributed by atoms with Crippen molar-refractivity contribution in [2.45, 2.75) is 59.3 Å². The number of carbonyl (C=O) groups is 1. The molecule has 0 aliphatic carbocycles. The Morgan fingerprint density at radius 1 is 1.22 bits per heavy atom. The highest BCUT2D eigenvalue weighted by Crippen LogP contribution is 2.35. The highest BCUT2D eigenvalue weighted by atomic mass is 32.1. The molecule has 0 saturated carbocycles. The molecule has 0 aromatic carbocycles. The number of carbonyl (C=O) groups excluding carboxylic acids is 1. The molecule has 0 amide bonds. The molecular formula is C18H26N2O2S. The topological polar surface area (TPSA) is 65.2 Å². The van der Waals surface area contributed by atoms with Gasteiger partial charge in [0.2, 0.25) is 0 Å². The molecule has 2 heterocycles. The summed E-state index contributed by atoms with van der Waals surface area (Å²) in [6.07, 6.45) is 7.01. The zero-order valence-corrected chi connectivity index (χ0v) is 15.1. The Hall–Kier alpha value is -1.62. The summed E-state index contributed by atoms with van der Waals surface area (Å²) in [6.45, 7) is 6.60. The van der Waals surface area contributed by atoms with Gasteiger partial charge in [0.05, 0.1) is 12.3 Å². The molecule has 126 valence electrons. The Labute approximate surface area is 142 Å². The average molecular weight is 334 g/mol. The number of hydrogen-bond donors (Lipinski definition) is 1. The van der Waals surface area contributed by atoms with Crippen molar-refractivity contribution in [1.29, 1.82) is 0 Å². The lowest BCUT2D eigenvalue weighted by atomic mass is 10.1. The highest BCUT2D eigenvalue weighted by Gasteiger charge is 2.19. The van der Waals surface area contributed by atoms with Crippen LogP contribution in [0.5, 0.6) is 0 Å². The van der Waals surface area contributed by atoms with Gasteiger partial charge in [0, 0.05) is 11.1 Å². The normalized spacial score (nSPS) is 11.1. The number of anilines is 1. The summed E-state index contributed by atoms with van der Waals surface area (Å²) in [6, 6.07) is 1.98. The minimum absolute atomic E-state index is 0.323. The molecule has 0 spiro atoms. The number of unbranched alkanes of at least 4 members (excludes halogenated alkanes) is 5. The third kappa shape index (κ3) is 4.44. The standard InChI is InChI=1S/C18H26N2O2S/c1-4-5-6-7-8-9-10-22-18(21)16-15(19)14-12(2)11-13(3)20-17(14)23-16/h11H,4-10,19H2,1-3H3. The highest BCUT2D eigenvalue weighted by molar-refractivity contribution is 7.21. The van der Waals surface area contributed by atoms with Crippen molar-refractivity contribution in [2.75, 3.05) is 12.3 Å². The molecule has 0 unspecified atom stereocenters. The van der Waals surface area contributed by atoms with Crippen LogP contribution in [0.3, 0.4) is 0 Å². The van der Waals surface area contributed by atoms with E-state index in [0.29, 0.717) is 17.2 Å². The zero-order valence-electron chi connectivity index (χ0n) is 14.3. The molecule has 2 aromatic rings. The van der Waals surface area contributed by atoms with E-state index >= 15 is 0 Å². The van der Waals surface area contributed by atoms with Gasteiger partial charge < -0.3 is 10.5 Å². The predicted molar refractivity (Wildman–Crippen MR) is 97.2 cm³/mol. The fourth-order valence-electron chi connectivity index (χ4n) is 2.73. The van der Waals surface area contributed by atoms with E-state index in [2.05, 4.69) is 11.9 Å². The van der Waals surface area contributed by atoms with E-state index in [0.717, 1.165) is 34.3 Å². The van der Waals surface area contributed by atoms with E-state index in [9.17, 15) is 4.79 Å². The van der Waals surface area contributed by atoms with Crippen LogP contribution in [0, 0.1) is 13.8 Å². The fraction of sp³-hybridized carbons (Fsp3) is 0.556. The first-order valence-corrected chi connectivity index (χ1v) is 9.19. The van der Waals surface area contributed by atoms with E-state index in [1.165, 1.54) is 37.0 Å². The van der Waals surface area contributed by atoms with Gasteiger partial charge >= 0.3 is 5.97 Å². The predicted octanol–water partition coefficient (Wildman–Crippen LogP) is 5.01. The molecule has 2 aromatic heterocycles. The Bertz CT molecular complexity index is 679. The number of nitrogens with two attached hydrogens (primary N) is 1. The first kappa shape index (κ1) is 17.7. The second-order valence-electron chi connectivity index (χ2n) is 6.01. The number of hydrogen-bond acceptors (Lipinski definition) is 5. The second kappa shape index (κ2) is 8.29. The van der Waals surface area contributed by atoms with Crippen molar-refractivity contribution in [2.24, 2.45) is 0 Å². The number of thiophene rings is 1. The van der Waals surface area contributed by atoms with Gasteiger partial charge in [-0.05, 0) is 31.9 Å². The fourth-order valence-corrected chi connectivity index (χ4v) is 3.84. The van der Waals surface area contributed by atoms with Crippen molar-refractivity contribution >= 4 is 33.2 Å². The van der Waals surface area contributed by atoms with Crippen molar-refractivity contribution in [3.8, 4) is 0 Å². The number of nitrogens with zero attached hydrogens (tertiary/aromatic N) is 1. The van der Waals surface area contributed by atoms with E-state index in [1.807, 2.05) is 19.9 Å². The number of aryl methyl sites for hydroxylation is 2. The SMILES string of the molecule is CCCCCCCCOC(=O)c1sc2nc(C)cc(C)c2c1N. The van der Waals surface area contributed by atoms with Crippen molar-refractivity contribution in [1.82, 2.24) is 4.98 Å². The quantitative estimate of drug-likeness (QED) is 0.544. The summed E-state index contributed by atoms with van der Waals surface area (Å²) in [4.78, 5) is 18.0. The second-order valence-corrected chi connectivity index (χ2v) is 7.01. The van der Waals surface area contributed by atoms with Crippen molar-refractivity contribution in [3.05, 3.63) is 22.2 Å². The molecule has 0 fully saturated rings. The third-order valence-electron chi connectivity index (χ3n) is 3.94. The Morgan fingerprint density at radius 2 is 1.91 bits per heavy atom. The first-order valence-electron chi connectivity index (χ1n) is 8.38. The largest absolute Gasteiger partial charge is 0.461 e. The molecule has 0 bridgehead atoms. The summed E-state index contributed by atoms with van der Waals surface area (Å²) < 4.78 is 5.38. The number of aromatic nitrogens is 1. The number of nitrogen functional groups attached to an aromatic ring is 1. The Balaban J connectivity index is 1.94. The van der Waals surface area contributed by atoms with Gasteiger partial charge in [-0.3, -0.25) is 0 Å². The number of ether oxygens (including phenoxy) is 1. The number of rotatable bonds is 8. The van der Waals surface area contributed by atoms with Gasteiger partial charge in [-0.25, -0.2) is 9.78 Å². The molecule has 0 aliphatic heterocycles. The summed E-state index contributed by atoms with van der Waals surface area (Å²) in [7, 11) is 0. The van der Waals surface area contributed by atoms with E-state index in [4.69, 9.17) is 10.5 Å². The molecule has 23 heavy (non-hydrogen) atoms. The van der Waals surface area contributed by atoms with Crippen LogP contribution < -0.4 is 5.73 Å². The third-order valence-corrected chi connectivity index (χ3v) is 5.02. The monoisotopic (exact) mass is 334 g/mol. The smallest absolute Gasteiger partial charge is 0.350 e. The van der Waals surface area contributed by atoms with Gasteiger partial charge in [0.25, 0.3) is 0 Å². The van der Waals surface area contributed by atoms with Crippen molar-refractivity contribution < 1.29 is 9.53 Å². The minimum Gasteiger partial charge on any atom is -0.461 e. The lowest BCUT2D eigenvalue weighted by Crippen LogP contribution is -2.06. The van der Waals surface area contributed by atoms with Crippen LogP contribution in [0.2, 0.25) is 0 Å². The molecule has 0 aliphatic rings. The maximum atomic E-state index is 12.2. The average Bonchev–Trinajstić information content (AvgIpc) is 2.83. The Morgan fingerprint density at radius 3 is 2.65 bits per heavy atom. The Kier molecular flexibility index (Phi) is 6.39. The maximum Gasteiger partial charge on any atom is 0.350 e. The lowest BCUT2D eigenvalue weighted by Gasteiger charge is -2.04. The number of esters is 1. The molecule has 4 nitrogen and oxygen atoms in total. The van der Waals surface area contributed by atoms with Crippen LogP contribution in [0.25, 0.3) is 10.2 Å². The van der Waals surface area contributed by atoms with Gasteiger partial charge in [-0.15, -0.1) is 11.3 Å². The summed E-state index contributed by atoms with van der Waals surface area (Å²) in [5.41, 5.74) is 8.63. The van der Waals surface area contributed by atoms with Crippen LogP contribution in [0.15, 0.2) is 6.07 Å². The van der Waals surface area contributed by atoms with Gasteiger partial charge in [-0.1, -0.05) is 39.0 Å². The number of fused-ring (bicyclic) bond motifs is 1. The molecule has 2 rings (SSSR count). The van der Waals surface area contributed by atoms with Crippen LogP contribution in [-0.4, -0.2) is 17.6 Å². The molecule has 0 radical (unpaired) electrons. The van der Waals surface area contributed by atoms with Crippen LogP contribution in [0.1, 0.15) is 66.4 Å². The summed E-state index contributed by atoms with van der Waals surface area (Å²) in [5, 5.41) is 0.882. The molecule has 2 N–H and O–H groups in total. The maximum absolute atomic E-state index is 12.2. The van der Waals surface area contributed by atoms with E-state index in [-0.39, 0.29) is 5.97 Å². The van der Waals surface area contributed by atoms with Crippen molar-refractivity contribution in [3.63, 3.8) is 0 Å². The van der Waals surface area contributed by atoms with Crippen LogP contribution >= 0.6 is 11.3 Å². The molecule has 0 saturated heterocycles. The molecule has 5 heteroatoms. The van der Waals surface area contributed by atoms with Gasteiger partial charge in [0.1, 0.15) is 9.71 Å². The molecule has 0 atom stereocenters. The molecular weight excluding hydrogens is 308 g/mol. The van der Waals surface area contributed by atoms with E-state index < -0.39 is 0 Å². The van der Waals surface area contributed by atoms with Gasteiger partial charge in [0.15, 0.2) is 0 Å². The summed E-state index contributed by atoms with van der Waals surface area (Å²) >= 11 is 1.32. The van der Waals surface area contributed by atoms with Crippen LogP contribution in [-0.2, 0) is 4.74 Å².